The Hall–Kier alpha value is -1.16. The Bertz CT molecular complexity index is 393. The van der Waals surface area contributed by atoms with E-state index in [9.17, 15) is 0 Å². The monoisotopic (exact) mass is 279 g/mol. The summed E-state index contributed by atoms with van der Waals surface area (Å²) in [5.74, 6) is 1.40. The Morgan fingerprint density at radius 1 is 1.25 bits per heavy atom. The second kappa shape index (κ2) is 8.90. The van der Waals surface area contributed by atoms with E-state index in [0.717, 1.165) is 42.9 Å². The van der Waals surface area contributed by atoms with Gasteiger partial charge in [-0.2, -0.15) is 0 Å². The fraction of sp³-hybridized carbons (Fsp3) is 0.750. The van der Waals surface area contributed by atoms with Crippen molar-refractivity contribution in [1.82, 2.24) is 15.3 Å². The van der Waals surface area contributed by atoms with Crippen molar-refractivity contribution in [3.8, 4) is 5.88 Å². The van der Waals surface area contributed by atoms with E-state index in [1.54, 1.807) is 6.33 Å². The summed E-state index contributed by atoms with van der Waals surface area (Å²) in [5.41, 5.74) is 2.17. The Morgan fingerprint density at radius 2 is 2.00 bits per heavy atom. The molecule has 0 spiro atoms. The molecule has 0 aliphatic carbocycles. The molecule has 0 radical (unpaired) electrons. The highest BCUT2D eigenvalue weighted by atomic mass is 16.5. The van der Waals surface area contributed by atoms with Crippen LogP contribution >= 0.6 is 0 Å². The van der Waals surface area contributed by atoms with E-state index in [2.05, 4.69) is 36.1 Å². The van der Waals surface area contributed by atoms with Crippen molar-refractivity contribution < 1.29 is 4.74 Å². The summed E-state index contributed by atoms with van der Waals surface area (Å²) < 4.78 is 5.55. The van der Waals surface area contributed by atoms with Crippen molar-refractivity contribution in [2.45, 2.75) is 59.9 Å². The second-order valence-corrected chi connectivity index (χ2v) is 5.67. The lowest BCUT2D eigenvalue weighted by Gasteiger charge is -2.21. The van der Waals surface area contributed by atoms with Crippen LogP contribution in [0.4, 0.5) is 0 Å². The zero-order valence-electron chi connectivity index (χ0n) is 13.6. The Balaban J connectivity index is 2.78. The zero-order valence-corrected chi connectivity index (χ0v) is 13.6. The van der Waals surface area contributed by atoms with Gasteiger partial charge in [0.2, 0.25) is 5.88 Å². The summed E-state index contributed by atoms with van der Waals surface area (Å²) in [6, 6.07) is 0.470. The maximum Gasteiger partial charge on any atom is 0.219 e. The molecule has 0 fully saturated rings. The van der Waals surface area contributed by atoms with Gasteiger partial charge in [0.1, 0.15) is 6.33 Å². The van der Waals surface area contributed by atoms with E-state index in [-0.39, 0.29) is 0 Å². The van der Waals surface area contributed by atoms with Crippen LogP contribution in [0.25, 0.3) is 0 Å². The van der Waals surface area contributed by atoms with Gasteiger partial charge in [-0.15, -0.1) is 0 Å². The molecule has 1 unspecified atom stereocenters. The molecule has 0 bridgehead atoms. The number of hydrogen-bond donors (Lipinski definition) is 1. The molecule has 0 aromatic carbocycles. The molecular formula is C16H29N3O. The Labute approximate surface area is 123 Å². The molecule has 1 atom stereocenters. The number of nitrogens with one attached hydrogen (secondary N) is 1. The molecule has 1 heterocycles. The molecule has 4 nitrogen and oxygen atoms in total. The Morgan fingerprint density at radius 3 is 2.60 bits per heavy atom. The third-order valence-electron chi connectivity index (χ3n) is 3.30. The highest BCUT2D eigenvalue weighted by Gasteiger charge is 2.15. The van der Waals surface area contributed by atoms with Crippen LogP contribution in [-0.4, -0.2) is 29.2 Å². The van der Waals surface area contributed by atoms with E-state index in [1.165, 1.54) is 0 Å². The van der Waals surface area contributed by atoms with Crippen LogP contribution in [-0.2, 0) is 6.42 Å². The van der Waals surface area contributed by atoms with Gasteiger partial charge in [-0.3, -0.25) is 0 Å². The van der Waals surface area contributed by atoms with Gasteiger partial charge in [-0.25, -0.2) is 9.97 Å². The summed E-state index contributed by atoms with van der Waals surface area (Å²) >= 11 is 0. The van der Waals surface area contributed by atoms with Crippen LogP contribution in [0.3, 0.4) is 0 Å². The summed E-state index contributed by atoms with van der Waals surface area (Å²) in [4.78, 5) is 8.65. The van der Waals surface area contributed by atoms with Gasteiger partial charge in [0.15, 0.2) is 0 Å². The minimum Gasteiger partial charge on any atom is -0.478 e. The first-order valence-electron chi connectivity index (χ1n) is 7.75. The van der Waals surface area contributed by atoms with Gasteiger partial charge in [0.05, 0.1) is 12.3 Å². The van der Waals surface area contributed by atoms with Crippen molar-refractivity contribution in [3.63, 3.8) is 0 Å². The van der Waals surface area contributed by atoms with Crippen LogP contribution in [0.2, 0.25) is 0 Å². The average Bonchev–Trinajstić information content (AvgIpc) is 2.40. The topological polar surface area (TPSA) is 47.0 Å². The number of hydrogen-bond acceptors (Lipinski definition) is 4. The highest BCUT2D eigenvalue weighted by Crippen LogP contribution is 2.19. The van der Waals surface area contributed by atoms with Gasteiger partial charge >= 0.3 is 0 Å². The van der Waals surface area contributed by atoms with Crippen LogP contribution in [0.15, 0.2) is 6.33 Å². The fourth-order valence-corrected chi connectivity index (χ4v) is 2.35. The first-order valence-corrected chi connectivity index (χ1v) is 7.75. The van der Waals surface area contributed by atoms with Crippen molar-refractivity contribution in [2.24, 2.45) is 5.92 Å². The highest BCUT2D eigenvalue weighted by molar-refractivity contribution is 5.28. The van der Waals surface area contributed by atoms with E-state index in [1.807, 2.05) is 13.8 Å². The first kappa shape index (κ1) is 16.9. The van der Waals surface area contributed by atoms with Crippen LogP contribution in [0.5, 0.6) is 5.88 Å². The van der Waals surface area contributed by atoms with E-state index < -0.39 is 0 Å². The lowest BCUT2D eigenvalue weighted by atomic mass is 9.98. The molecule has 0 aliphatic rings. The molecule has 0 saturated heterocycles. The van der Waals surface area contributed by atoms with Crippen molar-refractivity contribution >= 4 is 0 Å². The van der Waals surface area contributed by atoms with Crippen molar-refractivity contribution in [1.29, 1.82) is 0 Å². The average molecular weight is 279 g/mol. The molecule has 1 aromatic heterocycles. The quantitative estimate of drug-likeness (QED) is 0.754. The summed E-state index contributed by atoms with van der Waals surface area (Å²) in [6.45, 7) is 12.4. The van der Waals surface area contributed by atoms with Gasteiger partial charge in [0, 0.05) is 18.0 Å². The lowest BCUT2D eigenvalue weighted by Crippen LogP contribution is -2.33. The fourth-order valence-electron chi connectivity index (χ4n) is 2.35. The summed E-state index contributed by atoms with van der Waals surface area (Å²) in [6.07, 6.45) is 4.86. The molecule has 1 rings (SSSR count). The lowest BCUT2D eigenvalue weighted by molar-refractivity contribution is 0.322. The predicted molar refractivity (Wildman–Crippen MR) is 83.2 cm³/mol. The van der Waals surface area contributed by atoms with Gasteiger partial charge in [0.25, 0.3) is 0 Å². The van der Waals surface area contributed by atoms with Crippen LogP contribution < -0.4 is 10.1 Å². The summed E-state index contributed by atoms with van der Waals surface area (Å²) in [7, 11) is 0. The van der Waals surface area contributed by atoms with E-state index in [0.29, 0.717) is 18.6 Å². The molecule has 1 N–H and O–H groups in total. The van der Waals surface area contributed by atoms with Crippen molar-refractivity contribution in [2.75, 3.05) is 13.2 Å². The maximum absolute atomic E-state index is 5.55. The van der Waals surface area contributed by atoms with Crippen LogP contribution in [0, 0.1) is 12.8 Å². The van der Waals surface area contributed by atoms with Gasteiger partial charge in [-0.1, -0.05) is 20.8 Å². The minimum atomic E-state index is 0.470. The molecule has 0 amide bonds. The standard InChI is InChI=1S/C16H29N3O/c1-6-8-17-14(9-12(3)4)10-15-13(5)16(20-7-2)19-11-18-15/h11-12,14,17H,6-10H2,1-5H3. The number of nitrogens with zero attached hydrogens (tertiary/aromatic N) is 2. The minimum absolute atomic E-state index is 0.470. The molecule has 0 aliphatic heterocycles. The normalized spacial score (nSPS) is 12.7. The smallest absolute Gasteiger partial charge is 0.219 e. The maximum atomic E-state index is 5.55. The third-order valence-corrected chi connectivity index (χ3v) is 3.30. The Kier molecular flexibility index (Phi) is 7.52. The first-order chi connectivity index (χ1) is 9.58. The summed E-state index contributed by atoms with van der Waals surface area (Å²) in [5, 5.41) is 3.63. The number of ether oxygens (including phenoxy) is 1. The molecule has 4 heteroatoms. The van der Waals surface area contributed by atoms with E-state index >= 15 is 0 Å². The molecule has 1 aromatic rings. The van der Waals surface area contributed by atoms with Gasteiger partial charge < -0.3 is 10.1 Å². The second-order valence-electron chi connectivity index (χ2n) is 5.67. The van der Waals surface area contributed by atoms with Crippen molar-refractivity contribution in [3.05, 3.63) is 17.6 Å². The van der Waals surface area contributed by atoms with E-state index in [4.69, 9.17) is 4.74 Å². The predicted octanol–water partition coefficient (Wildman–Crippen LogP) is 3.14. The molecule has 0 saturated carbocycles. The van der Waals surface area contributed by atoms with Crippen LogP contribution in [0.1, 0.15) is 51.8 Å². The molecular weight excluding hydrogens is 250 g/mol. The number of aromatic nitrogens is 2. The zero-order chi connectivity index (χ0) is 15.0. The largest absolute Gasteiger partial charge is 0.478 e. The SMILES string of the molecule is CCCNC(Cc1ncnc(OCC)c1C)CC(C)C. The molecule has 114 valence electrons. The van der Waals surface area contributed by atoms with Gasteiger partial charge in [-0.05, 0) is 39.2 Å². The third kappa shape index (κ3) is 5.45. The molecule has 20 heavy (non-hydrogen) atoms. The number of rotatable bonds is 9.